The number of halogens is 4. The summed E-state index contributed by atoms with van der Waals surface area (Å²) >= 11 is 6.41. The summed E-state index contributed by atoms with van der Waals surface area (Å²) in [5.74, 6) is -2.88. The number of nitrogens with one attached hydrogen (secondary N) is 1. The highest BCUT2D eigenvalue weighted by molar-refractivity contribution is 6.38. The molecule has 0 unspecified atom stereocenters. The molecule has 0 atom stereocenters. The zero-order valence-electron chi connectivity index (χ0n) is 12.9. The fourth-order valence-electron chi connectivity index (χ4n) is 2.46. The number of hydrogen-bond acceptors (Lipinski definition) is 3. The van der Waals surface area contributed by atoms with Crippen molar-refractivity contribution < 1.29 is 13.2 Å². The van der Waals surface area contributed by atoms with E-state index in [4.69, 9.17) is 11.6 Å². The second-order valence-electron chi connectivity index (χ2n) is 5.59. The lowest BCUT2D eigenvalue weighted by Gasteiger charge is -2.18. The summed E-state index contributed by atoms with van der Waals surface area (Å²) in [6.07, 6.45) is 3.01. The summed E-state index contributed by atoms with van der Waals surface area (Å²) in [5, 5.41) is 3.64. The van der Waals surface area contributed by atoms with Gasteiger partial charge in [0.05, 0.1) is 22.3 Å². The Hall–Kier alpha value is -2.34. The van der Waals surface area contributed by atoms with Crippen molar-refractivity contribution in [1.29, 1.82) is 0 Å². The fraction of sp³-hybridized carbons (Fsp3) is 0.176. The number of aromatic nitrogens is 2. The van der Waals surface area contributed by atoms with Crippen LogP contribution in [0.15, 0.2) is 30.6 Å². The number of hydrogen-bond donors (Lipinski definition) is 1. The Morgan fingerprint density at radius 3 is 2.38 bits per heavy atom. The molecule has 2 heterocycles. The van der Waals surface area contributed by atoms with Crippen molar-refractivity contribution in [2.24, 2.45) is 0 Å². The van der Waals surface area contributed by atoms with E-state index in [1.54, 1.807) is 6.07 Å². The van der Waals surface area contributed by atoms with Crippen LogP contribution in [-0.2, 0) is 0 Å². The van der Waals surface area contributed by atoms with Gasteiger partial charge in [0.25, 0.3) is 0 Å². The average Bonchev–Trinajstić information content (AvgIpc) is 2.49. The molecule has 0 saturated heterocycles. The molecule has 24 heavy (non-hydrogen) atoms. The maximum absolute atomic E-state index is 14.3. The maximum atomic E-state index is 14.3. The smallest absolute Gasteiger partial charge is 0.137 e. The standard InChI is InChI=1S/C17H13ClF3N3/c1-8(2)23-17-15(14-11(20)5-9(19)6-12(14)21)16(18)10-3-4-22-7-13(10)24-17/h3-8H,1-2H3,(H,23,24). The number of anilines is 1. The van der Waals surface area contributed by atoms with Crippen LogP contribution in [-0.4, -0.2) is 16.0 Å². The number of fused-ring (bicyclic) bond motifs is 1. The summed E-state index contributed by atoms with van der Waals surface area (Å²) in [6.45, 7) is 3.70. The molecule has 0 spiro atoms. The van der Waals surface area contributed by atoms with E-state index in [9.17, 15) is 13.2 Å². The first-order chi connectivity index (χ1) is 11.4. The Labute approximate surface area is 141 Å². The predicted octanol–water partition coefficient (Wildman–Crippen LogP) is 5.19. The number of rotatable bonds is 3. The van der Waals surface area contributed by atoms with E-state index in [1.807, 2.05) is 13.8 Å². The van der Waals surface area contributed by atoms with E-state index in [1.165, 1.54) is 12.4 Å². The Morgan fingerprint density at radius 1 is 1.08 bits per heavy atom. The van der Waals surface area contributed by atoms with Crippen LogP contribution in [0.1, 0.15) is 13.8 Å². The van der Waals surface area contributed by atoms with Crippen LogP contribution < -0.4 is 5.32 Å². The van der Waals surface area contributed by atoms with Crippen molar-refractivity contribution in [3.05, 3.63) is 53.1 Å². The molecule has 124 valence electrons. The van der Waals surface area contributed by atoms with Crippen molar-refractivity contribution in [1.82, 2.24) is 9.97 Å². The molecule has 0 fully saturated rings. The molecule has 0 saturated carbocycles. The summed E-state index contributed by atoms with van der Waals surface area (Å²) in [5.41, 5.74) is 0.118. The first-order valence-electron chi connectivity index (χ1n) is 7.23. The van der Waals surface area contributed by atoms with Gasteiger partial charge in [-0.3, -0.25) is 4.98 Å². The van der Waals surface area contributed by atoms with Gasteiger partial charge in [-0.2, -0.15) is 0 Å². The molecule has 3 rings (SSSR count). The van der Waals surface area contributed by atoms with Gasteiger partial charge >= 0.3 is 0 Å². The van der Waals surface area contributed by atoms with Gasteiger partial charge in [-0.1, -0.05) is 11.6 Å². The second-order valence-corrected chi connectivity index (χ2v) is 5.96. The van der Waals surface area contributed by atoms with Gasteiger partial charge in [0.2, 0.25) is 0 Å². The SMILES string of the molecule is CC(C)Nc1nc2cnccc2c(Cl)c1-c1c(F)cc(F)cc1F. The summed E-state index contributed by atoms with van der Waals surface area (Å²) in [6, 6.07) is 2.77. The third-order valence-electron chi connectivity index (χ3n) is 3.41. The topological polar surface area (TPSA) is 37.8 Å². The van der Waals surface area contributed by atoms with Gasteiger partial charge in [-0.05, 0) is 19.9 Å². The van der Waals surface area contributed by atoms with Crippen LogP contribution in [0.25, 0.3) is 22.0 Å². The van der Waals surface area contributed by atoms with Gasteiger partial charge in [-0.25, -0.2) is 18.2 Å². The molecule has 1 N–H and O–H groups in total. The van der Waals surface area contributed by atoms with Crippen LogP contribution in [0.4, 0.5) is 19.0 Å². The van der Waals surface area contributed by atoms with E-state index < -0.39 is 23.0 Å². The Balaban J connectivity index is 2.39. The maximum Gasteiger partial charge on any atom is 0.137 e. The monoisotopic (exact) mass is 351 g/mol. The molecule has 1 aromatic carbocycles. The van der Waals surface area contributed by atoms with Crippen LogP contribution in [0.2, 0.25) is 5.02 Å². The van der Waals surface area contributed by atoms with Crippen LogP contribution >= 0.6 is 11.6 Å². The molecular formula is C17H13ClF3N3. The summed E-state index contributed by atoms with van der Waals surface area (Å²) in [7, 11) is 0. The minimum atomic E-state index is -1.04. The zero-order valence-corrected chi connectivity index (χ0v) is 13.6. The lowest BCUT2D eigenvalue weighted by atomic mass is 10.0. The van der Waals surface area contributed by atoms with E-state index in [0.29, 0.717) is 23.0 Å². The highest BCUT2D eigenvalue weighted by Crippen LogP contribution is 2.41. The molecule has 0 aliphatic carbocycles. The molecule has 0 radical (unpaired) electrons. The van der Waals surface area contributed by atoms with Gasteiger partial charge in [-0.15, -0.1) is 0 Å². The van der Waals surface area contributed by atoms with Crippen molar-refractivity contribution >= 4 is 28.3 Å². The molecule has 3 aromatic rings. The Bertz CT molecular complexity index is 905. The summed E-state index contributed by atoms with van der Waals surface area (Å²) < 4.78 is 41.8. The average molecular weight is 352 g/mol. The van der Waals surface area contributed by atoms with Crippen molar-refractivity contribution in [3.63, 3.8) is 0 Å². The van der Waals surface area contributed by atoms with E-state index in [2.05, 4.69) is 15.3 Å². The number of pyridine rings is 2. The van der Waals surface area contributed by atoms with Crippen LogP contribution in [0, 0.1) is 17.5 Å². The number of benzene rings is 1. The fourth-order valence-corrected chi connectivity index (χ4v) is 2.81. The van der Waals surface area contributed by atoms with Gasteiger partial charge in [0.1, 0.15) is 23.3 Å². The van der Waals surface area contributed by atoms with Crippen molar-refractivity contribution in [3.8, 4) is 11.1 Å². The summed E-state index contributed by atoms with van der Waals surface area (Å²) in [4.78, 5) is 8.35. The molecule has 0 bridgehead atoms. The lowest BCUT2D eigenvalue weighted by Crippen LogP contribution is -2.13. The molecule has 0 aliphatic rings. The molecule has 7 heteroatoms. The van der Waals surface area contributed by atoms with Gasteiger partial charge in [0.15, 0.2) is 0 Å². The largest absolute Gasteiger partial charge is 0.367 e. The molecule has 0 amide bonds. The van der Waals surface area contributed by atoms with Crippen LogP contribution in [0.3, 0.4) is 0 Å². The Kier molecular flexibility index (Phi) is 4.32. The third kappa shape index (κ3) is 2.89. The lowest BCUT2D eigenvalue weighted by molar-refractivity contribution is 0.548. The van der Waals surface area contributed by atoms with Crippen molar-refractivity contribution in [2.75, 3.05) is 5.32 Å². The van der Waals surface area contributed by atoms with E-state index >= 15 is 0 Å². The molecular weight excluding hydrogens is 339 g/mol. The molecule has 2 aromatic heterocycles. The third-order valence-corrected chi connectivity index (χ3v) is 3.80. The zero-order chi connectivity index (χ0) is 17.4. The molecule has 0 aliphatic heterocycles. The van der Waals surface area contributed by atoms with Gasteiger partial charge in [0, 0.05) is 35.3 Å². The second kappa shape index (κ2) is 6.28. The van der Waals surface area contributed by atoms with Crippen molar-refractivity contribution in [2.45, 2.75) is 19.9 Å². The van der Waals surface area contributed by atoms with E-state index in [-0.39, 0.29) is 22.4 Å². The number of nitrogens with zero attached hydrogens (tertiary/aromatic N) is 2. The molecule has 3 nitrogen and oxygen atoms in total. The highest BCUT2D eigenvalue weighted by Gasteiger charge is 2.23. The Morgan fingerprint density at radius 2 is 1.75 bits per heavy atom. The first kappa shape index (κ1) is 16.5. The highest BCUT2D eigenvalue weighted by atomic mass is 35.5. The normalized spacial score (nSPS) is 11.3. The van der Waals surface area contributed by atoms with Gasteiger partial charge < -0.3 is 5.32 Å². The first-order valence-corrected chi connectivity index (χ1v) is 7.61. The minimum Gasteiger partial charge on any atom is -0.367 e. The quantitative estimate of drug-likeness (QED) is 0.705. The minimum absolute atomic E-state index is 0.0547. The predicted molar refractivity (Wildman–Crippen MR) is 88.6 cm³/mol. The van der Waals surface area contributed by atoms with Crippen LogP contribution in [0.5, 0.6) is 0 Å². The van der Waals surface area contributed by atoms with E-state index in [0.717, 1.165) is 0 Å².